The molecule has 1 aliphatic heterocycles. The van der Waals surface area contributed by atoms with Crippen LogP contribution in [0.15, 0.2) is 63.5 Å². The summed E-state index contributed by atoms with van der Waals surface area (Å²) in [6.45, 7) is 1.54. The summed E-state index contributed by atoms with van der Waals surface area (Å²) in [4.78, 5) is 43.0. The highest BCUT2D eigenvalue weighted by molar-refractivity contribution is 7.07. The zero-order valence-electron chi connectivity index (χ0n) is 20.1. The van der Waals surface area contributed by atoms with Crippen LogP contribution in [0.25, 0.3) is 6.08 Å². The van der Waals surface area contributed by atoms with Crippen LogP contribution in [-0.2, 0) is 19.1 Å². The molecule has 0 radical (unpaired) electrons. The largest absolute Gasteiger partial charge is 0.479 e. The van der Waals surface area contributed by atoms with Crippen molar-refractivity contribution in [3.63, 3.8) is 0 Å². The van der Waals surface area contributed by atoms with E-state index in [-0.39, 0.29) is 28.0 Å². The van der Waals surface area contributed by atoms with Crippen LogP contribution in [0.1, 0.15) is 30.5 Å². The second kappa shape index (κ2) is 11.3. The lowest BCUT2D eigenvalue weighted by atomic mass is 9.95. The fourth-order valence-electron chi connectivity index (χ4n) is 3.96. The minimum atomic E-state index is -0.691. The van der Waals surface area contributed by atoms with Gasteiger partial charge in [0.05, 0.1) is 46.1 Å². The second-order valence-electron chi connectivity index (χ2n) is 7.88. The van der Waals surface area contributed by atoms with Gasteiger partial charge in [0, 0.05) is 0 Å². The van der Waals surface area contributed by atoms with Crippen molar-refractivity contribution >= 4 is 52.6 Å². The molecule has 1 aromatic heterocycles. The average molecular weight is 561 g/mol. The fourth-order valence-corrected chi connectivity index (χ4v) is 5.59. The van der Waals surface area contributed by atoms with Crippen molar-refractivity contribution in [1.82, 2.24) is 4.57 Å². The molecule has 0 saturated heterocycles. The molecule has 11 heteroatoms. The maximum absolute atomic E-state index is 13.7. The van der Waals surface area contributed by atoms with Crippen molar-refractivity contribution in [3.8, 4) is 5.75 Å². The van der Waals surface area contributed by atoms with Crippen molar-refractivity contribution in [3.05, 3.63) is 94.6 Å². The molecule has 0 fully saturated rings. The number of allylic oxidation sites excluding steroid dienone is 1. The molecule has 0 unspecified atom stereocenters. The first-order chi connectivity index (χ1) is 17.8. The number of halogens is 2. The number of ether oxygens (including phenoxy) is 3. The first-order valence-corrected chi connectivity index (χ1v) is 12.7. The maximum atomic E-state index is 13.7. The number of thiazole rings is 1. The van der Waals surface area contributed by atoms with Gasteiger partial charge in [-0.15, -0.1) is 0 Å². The van der Waals surface area contributed by atoms with Crippen LogP contribution in [0.5, 0.6) is 5.75 Å². The van der Waals surface area contributed by atoms with Gasteiger partial charge in [0.25, 0.3) is 5.56 Å². The lowest BCUT2D eigenvalue weighted by Gasteiger charge is -2.25. The number of hydrogen-bond acceptors (Lipinski definition) is 8. The average Bonchev–Trinajstić information content (AvgIpc) is 3.21. The topological polar surface area (TPSA) is 96.2 Å². The first kappa shape index (κ1) is 26.7. The van der Waals surface area contributed by atoms with E-state index in [1.54, 1.807) is 18.2 Å². The molecule has 2 heterocycles. The summed E-state index contributed by atoms with van der Waals surface area (Å²) in [6.07, 6.45) is 2.12. The Labute approximate surface area is 226 Å². The fraction of sp³-hybridized carbons (Fsp3) is 0.231. The molecule has 0 spiro atoms. The van der Waals surface area contributed by atoms with Gasteiger partial charge in [-0.3, -0.25) is 9.36 Å². The smallest absolute Gasteiger partial charge is 0.343 e. The van der Waals surface area contributed by atoms with Gasteiger partial charge in [0.15, 0.2) is 17.2 Å². The number of carbonyl (C=O) groups excluding carboxylic acids is 2. The molecule has 2 aromatic carbocycles. The van der Waals surface area contributed by atoms with Gasteiger partial charge in [-0.05, 0) is 35.8 Å². The highest BCUT2D eigenvalue weighted by atomic mass is 35.5. The van der Waals surface area contributed by atoms with E-state index in [0.29, 0.717) is 32.6 Å². The van der Waals surface area contributed by atoms with Crippen molar-refractivity contribution in [2.24, 2.45) is 4.99 Å². The van der Waals surface area contributed by atoms with Crippen LogP contribution in [0.2, 0.25) is 10.0 Å². The number of aromatic nitrogens is 1. The Bertz CT molecular complexity index is 1550. The Morgan fingerprint density at radius 2 is 1.78 bits per heavy atom. The zero-order chi connectivity index (χ0) is 26.7. The summed E-state index contributed by atoms with van der Waals surface area (Å²) < 4.78 is 16.9. The molecule has 0 amide bonds. The van der Waals surface area contributed by atoms with E-state index in [1.807, 2.05) is 37.3 Å². The molecule has 37 heavy (non-hydrogen) atoms. The molecule has 0 N–H and O–H groups in total. The molecular weight excluding hydrogens is 539 g/mol. The van der Waals surface area contributed by atoms with E-state index >= 15 is 0 Å². The van der Waals surface area contributed by atoms with E-state index < -0.39 is 18.0 Å². The van der Waals surface area contributed by atoms with Gasteiger partial charge in [-0.1, -0.05) is 71.8 Å². The Hall–Kier alpha value is -3.40. The van der Waals surface area contributed by atoms with E-state index in [2.05, 4.69) is 9.73 Å². The molecule has 192 valence electrons. The molecule has 0 saturated carbocycles. The predicted molar refractivity (Wildman–Crippen MR) is 141 cm³/mol. The van der Waals surface area contributed by atoms with Crippen LogP contribution >= 0.6 is 34.5 Å². The Balaban J connectivity index is 1.85. The zero-order valence-corrected chi connectivity index (χ0v) is 22.4. The Kier molecular flexibility index (Phi) is 8.16. The molecule has 4 rings (SSSR count). The summed E-state index contributed by atoms with van der Waals surface area (Å²) in [5, 5.41) is 0.331. The van der Waals surface area contributed by atoms with Crippen LogP contribution in [-0.4, -0.2) is 37.3 Å². The third-order valence-corrected chi connectivity index (χ3v) is 7.19. The lowest BCUT2D eigenvalue weighted by Crippen LogP contribution is -2.40. The second-order valence-corrected chi connectivity index (χ2v) is 9.70. The Morgan fingerprint density at radius 1 is 1.11 bits per heavy atom. The molecule has 3 aromatic rings. The number of rotatable bonds is 7. The van der Waals surface area contributed by atoms with Gasteiger partial charge >= 0.3 is 11.9 Å². The van der Waals surface area contributed by atoms with Gasteiger partial charge in [-0.25, -0.2) is 14.6 Å². The monoisotopic (exact) mass is 560 g/mol. The molecule has 0 aliphatic carbocycles. The highest BCUT2D eigenvalue weighted by Crippen LogP contribution is 2.35. The summed E-state index contributed by atoms with van der Waals surface area (Å²) in [5.41, 5.74) is 1.87. The van der Waals surface area contributed by atoms with E-state index in [1.165, 1.54) is 30.1 Å². The minimum absolute atomic E-state index is 0.131. The number of esters is 2. The SMILES string of the molecule is CCC1=C(C(=O)OC)[C@H](c2ccccc2)n2c(s/c(=C\c3cc(Cl)c(OCC(=O)OC)c(Cl)c3)c2=O)=N1. The molecule has 1 atom stereocenters. The van der Waals surface area contributed by atoms with Crippen molar-refractivity contribution in [2.45, 2.75) is 19.4 Å². The van der Waals surface area contributed by atoms with E-state index in [0.717, 1.165) is 5.56 Å². The number of carbonyl (C=O) groups is 2. The summed E-state index contributed by atoms with van der Waals surface area (Å²) in [7, 11) is 2.55. The molecular formula is C26H22Cl2N2O6S. The number of fused-ring (bicyclic) bond motifs is 1. The minimum Gasteiger partial charge on any atom is -0.479 e. The quantitative estimate of drug-likeness (QED) is 0.409. The lowest BCUT2D eigenvalue weighted by molar-refractivity contribution is -0.143. The highest BCUT2D eigenvalue weighted by Gasteiger charge is 2.33. The number of nitrogens with zero attached hydrogens (tertiary/aromatic N) is 2. The maximum Gasteiger partial charge on any atom is 0.343 e. The van der Waals surface area contributed by atoms with Crippen molar-refractivity contribution < 1.29 is 23.8 Å². The van der Waals surface area contributed by atoms with Crippen molar-refractivity contribution in [1.29, 1.82) is 0 Å². The van der Waals surface area contributed by atoms with Gasteiger partial charge in [0.2, 0.25) is 0 Å². The third kappa shape index (κ3) is 5.34. The van der Waals surface area contributed by atoms with Gasteiger partial charge < -0.3 is 14.2 Å². The standard InChI is InChI=1S/C26H22Cl2N2O6S/c1-4-18-21(25(33)35-3)22(15-8-6-5-7-9-15)30-24(32)19(37-26(30)29-18)12-14-10-16(27)23(17(28)11-14)36-13-20(31)34-2/h5-12,22H,4,13H2,1-3H3/b19-12-/t22-/m0/s1. The van der Waals surface area contributed by atoms with Crippen LogP contribution in [0.3, 0.4) is 0 Å². The normalized spacial score (nSPS) is 15.2. The Morgan fingerprint density at radius 3 is 2.38 bits per heavy atom. The van der Waals surface area contributed by atoms with Gasteiger partial charge in [0.1, 0.15) is 0 Å². The molecule has 1 aliphatic rings. The van der Waals surface area contributed by atoms with Crippen LogP contribution in [0, 0.1) is 0 Å². The number of hydrogen-bond donors (Lipinski definition) is 0. The molecule has 0 bridgehead atoms. The first-order valence-electron chi connectivity index (χ1n) is 11.2. The van der Waals surface area contributed by atoms with Gasteiger partial charge in [-0.2, -0.15) is 0 Å². The van der Waals surface area contributed by atoms with Crippen LogP contribution < -0.4 is 19.6 Å². The predicted octanol–water partition coefficient (Wildman–Crippen LogP) is 3.66. The van der Waals surface area contributed by atoms with Crippen LogP contribution in [0.4, 0.5) is 0 Å². The van der Waals surface area contributed by atoms with E-state index in [4.69, 9.17) is 32.7 Å². The van der Waals surface area contributed by atoms with E-state index in [9.17, 15) is 14.4 Å². The van der Waals surface area contributed by atoms with Crippen molar-refractivity contribution in [2.75, 3.05) is 20.8 Å². The number of benzene rings is 2. The third-order valence-electron chi connectivity index (χ3n) is 5.65. The summed E-state index contributed by atoms with van der Waals surface area (Å²) in [6, 6.07) is 11.7. The molecule has 8 nitrogen and oxygen atoms in total. The summed E-state index contributed by atoms with van der Waals surface area (Å²) >= 11 is 13.9. The summed E-state index contributed by atoms with van der Waals surface area (Å²) in [5.74, 6) is -0.986. The number of methoxy groups -OCH3 is 2.